The third-order valence-electron chi connectivity index (χ3n) is 4.65. The molecule has 2 heterocycles. The minimum absolute atomic E-state index is 0.0278. The molecule has 1 atom stereocenters. The summed E-state index contributed by atoms with van der Waals surface area (Å²) in [4.78, 5) is 24.1. The summed E-state index contributed by atoms with van der Waals surface area (Å²) in [5.41, 5.74) is 1.27. The molecule has 1 aromatic heterocycles. The summed E-state index contributed by atoms with van der Waals surface area (Å²) in [5, 5.41) is 2.72. The fourth-order valence-corrected chi connectivity index (χ4v) is 4.86. The van der Waals surface area contributed by atoms with E-state index in [9.17, 15) is 18.0 Å². The largest absolute Gasteiger partial charge is 0.419 e. The van der Waals surface area contributed by atoms with Gasteiger partial charge >= 0.3 is 5.76 Å². The molecule has 8 nitrogen and oxygen atoms in total. The van der Waals surface area contributed by atoms with Crippen LogP contribution in [0.15, 0.2) is 62.6 Å². The van der Waals surface area contributed by atoms with Gasteiger partial charge in [0, 0.05) is 26.2 Å². The lowest BCUT2D eigenvalue weighted by Gasteiger charge is -2.34. The molecule has 0 saturated carbocycles. The molecule has 1 saturated heterocycles. The number of fused-ring (bicyclic) bond motifs is 1. The third kappa shape index (κ3) is 2.84. The molecule has 3 aromatic rings. The Morgan fingerprint density at radius 3 is 2.59 bits per heavy atom. The number of hydrogen-bond acceptors (Lipinski definition) is 5. The second-order valence-corrected chi connectivity index (χ2v) is 8.17. The standard InChI is InChI=1S/C18H17N3O5S/c1-20-14-8-7-13(11-15(14)26-18(20)23)27(24,25)21-10-9-19-17(22)16(21)12-5-3-2-4-6-12/h2-8,11,16H,9-10H2,1H3,(H,19,22). The van der Waals surface area contributed by atoms with E-state index in [0.29, 0.717) is 11.1 Å². The molecule has 9 heteroatoms. The van der Waals surface area contributed by atoms with Gasteiger partial charge in [0.25, 0.3) is 0 Å². The fraction of sp³-hybridized carbons (Fsp3) is 0.222. The summed E-state index contributed by atoms with van der Waals surface area (Å²) in [6, 6.07) is 12.1. The van der Waals surface area contributed by atoms with Gasteiger partial charge in [-0.3, -0.25) is 9.36 Å². The number of oxazole rings is 1. The first-order valence-electron chi connectivity index (χ1n) is 8.34. The Balaban J connectivity index is 1.82. The molecule has 140 valence electrons. The number of amides is 1. The third-order valence-corrected chi connectivity index (χ3v) is 6.51. The van der Waals surface area contributed by atoms with Crippen LogP contribution in [0.1, 0.15) is 11.6 Å². The van der Waals surface area contributed by atoms with Crippen LogP contribution >= 0.6 is 0 Å². The molecule has 1 fully saturated rings. The zero-order chi connectivity index (χ0) is 19.2. The van der Waals surface area contributed by atoms with E-state index in [1.165, 1.54) is 27.1 Å². The van der Waals surface area contributed by atoms with Gasteiger partial charge in [-0.2, -0.15) is 4.31 Å². The molecule has 27 heavy (non-hydrogen) atoms. The highest BCUT2D eigenvalue weighted by Gasteiger charge is 2.39. The first-order valence-corrected chi connectivity index (χ1v) is 9.78. The molecule has 0 bridgehead atoms. The predicted octanol–water partition coefficient (Wildman–Crippen LogP) is 0.993. The van der Waals surface area contributed by atoms with Gasteiger partial charge in [0.1, 0.15) is 6.04 Å². The Bertz CT molecular complexity index is 1180. The van der Waals surface area contributed by atoms with Crippen molar-refractivity contribution in [3.63, 3.8) is 0 Å². The molecule has 2 aromatic carbocycles. The number of aryl methyl sites for hydroxylation is 1. The van der Waals surface area contributed by atoms with Crippen molar-refractivity contribution in [2.45, 2.75) is 10.9 Å². The van der Waals surface area contributed by atoms with Crippen LogP contribution in [0.5, 0.6) is 0 Å². The molecular formula is C18H17N3O5S. The maximum atomic E-state index is 13.3. The van der Waals surface area contributed by atoms with E-state index < -0.39 is 21.8 Å². The monoisotopic (exact) mass is 387 g/mol. The minimum Gasteiger partial charge on any atom is -0.408 e. The molecule has 1 aliphatic heterocycles. The van der Waals surface area contributed by atoms with Crippen molar-refractivity contribution < 1.29 is 17.6 Å². The van der Waals surface area contributed by atoms with Crippen LogP contribution in [0.3, 0.4) is 0 Å². The van der Waals surface area contributed by atoms with Gasteiger partial charge in [-0.15, -0.1) is 0 Å². The van der Waals surface area contributed by atoms with Gasteiger partial charge < -0.3 is 9.73 Å². The van der Waals surface area contributed by atoms with Crippen molar-refractivity contribution in [1.29, 1.82) is 0 Å². The average molecular weight is 387 g/mol. The first-order chi connectivity index (χ1) is 12.9. The quantitative estimate of drug-likeness (QED) is 0.722. The van der Waals surface area contributed by atoms with Crippen LogP contribution in [-0.4, -0.2) is 36.3 Å². The SMILES string of the molecule is Cn1c(=O)oc2cc(S(=O)(=O)N3CCNC(=O)C3c3ccccc3)ccc21. The molecule has 1 N–H and O–H groups in total. The number of hydrogen-bond donors (Lipinski definition) is 1. The zero-order valence-corrected chi connectivity index (χ0v) is 15.3. The lowest BCUT2D eigenvalue weighted by atomic mass is 10.1. The van der Waals surface area contributed by atoms with Crippen LogP contribution < -0.4 is 11.1 Å². The number of piperazine rings is 1. The summed E-state index contributed by atoms with van der Waals surface area (Å²) >= 11 is 0. The van der Waals surface area contributed by atoms with E-state index in [2.05, 4.69) is 5.32 Å². The Hall–Kier alpha value is -2.91. The highest BCUT2D eigenvalue weighted by atomic mass is 32.2. The van der Waals surface area contributed by atoms with Gasteiger partial charge in [0.05, 0.1) is 10.4 Å². The van der Waals surface area contributed by atoms with E-state index >= 15 is 0 Å². The molecule has 0 spiro atoms. The summed E-state index contributed by atoms with van der Waals surface area (Å²) < 4.78 is 34.1. The van der Waals surface area contributed by atoms with Crippen molar-refractivity contribution in [2.75, 3.05) is 13.1 Å². The molecule has 0 radical (unpaired) electrons. The van der Waals surface area contributed by atoms with Gasteiger partial charge in [0.2, 0.25) is 15.9 Å². The minimum atomic E-state index is -3.99. The summed E-state index contributed by atoms with van der Waals surface area (Å²) in [5.74, 6) is -0.942. The number of nitrogens with one attached hydrogen (secondary N) is 1. The fourth-order valence-electron chi connectivity index (χ4n) is 3.27. The summed E-state index contributed by atoms with van der Waals surface area (Å²) in [7, 11) is -2.44. The number of carbonyl (C=O) groups is 1. The predicted molar refractivity (Wildman–Crippen MR) is 97.5 cm³/mol. The Morgan fingerprint density at radius 1 is 1.11 bits per heavy atom. The molecule has 1 unspecified atom stereocenters. The van der Waals surface area contributed by atoms with Gasteiger partial charge in [-0.1, -0.05) is 30.3 Å². The number of rotatable bonds is 3. The van der Waals surface area contributed by atoms with E-state index in [1.54, 1.807) is 37.4 Å². The molecule has 0 aliphatic carbocycles. The first kappa shape index (κ1) is 17.5. The number of sulfonamides is 1. The Kier molecular flexibility index (Phi) is 4.12. The lowest BCUT2D eigenvalue weighted by molar-refractivity contribution is -0.126. The van der Waals surface area contributed by atoms with Gasteiger partial charge in [-0.05, 0) is 17.7 Å². The zero-order valence-electron chi connectivity index (χ0n) is 14.5. The molecule has 1 amide bonds. The van der Waals surface area contributed by atoms with Crippen molar-refractivity contribution >= 4 is 27.0 Å². The topological polar surface area (TPSA) is 102 Å². The number of aromatic nitrogens is 1. The number of carbonyl (C=O) groups excluding carboxylic acids is 1. The van der Waals surface area contributed by atoms with Crippen LogP contribution in [0.25, 0.3) is 11.1 Å². The maximum Gasteiger partial charge on any atom is 0.419 e. The van der Waals surface area contributed by atoms with E-state index in [4.69, 9.17) is 4.42 Å². The van der Waals surface area contributed by atoms with Crippen molar-refractivity contribution in [2.24, 2.45) is 7.05 Å². The smallest absolute Gasteiger partial charge is 0.408 e. The molecule has 4 rings (SSSR count). The van der Waals surface area contributed by atoms with Crippen LogP contribution in [0, 0.1) is 0 Å². The van der Waals surface area contributed by atoms with Crippen LogP contribution in [-0.2, 0) is 21.9 Å². The lowest BCUT2D eigenvalue weighted by Crippen LogP contribution is -2.52. The molecule has 1 aliphatic rings. The summed E-state index contributed by atoms with van der Waals surface area (Å²) in [6.45, 7) is 0.370. The highest BCUT2D eigenvalue weighted by Crippen LogP contribution is 2.30. The van der Waals surface area contributed by atoms with Crippen LogP contribution in [0.2, 0.25) is 0 Å². The van der Waals surface area contributed by atoms with Gasteiger partial charge in [-0.25, -0.2) is 13.2 Å². The maximum absolute atomic E-state index is 13.3. The van der Waals surface area contributed by atoms with E-state index in [1.807, 2.05) is 0 Å². The normalized spacial score (nSPS) is 18.6. The summed E-state index contributed by atoms with van der Waals surface area (Å²) in [6.07, 6.45) is 0. The van der Waals surface area contributed by atoms with E-state index in [-0.39, 0.29) is 29.5 Å². The van der Waals surface area contributed by atoms with Gasteiger partial charge in [0.15, 0.2) is 5.58 Å². The number of benzene rings is 2. The van der Waals surface area contributed by atoms with E-state index in [0.717, 1.165) is 0 Å². The Labute approximate surface area is 155 Å². The van der Waals surface area contributed by atoms with Crippen molar-refractivity contribution in [3.05, 3.63) is 64.6 Å². The average Bonchev–Trinajstić information content (AvgIpc) is 2.95. The second kappa shape index (κ2) is 6.36. The second-order valence-electron chi connectivity index (χ2n) is 6.28. The van der Waals surface area contributed by atoms with Crippen LogP contribution in [0.4, 0.5) is 0 Å². The Morgan fingerprint density at radius 2 is 1.85 bits per heavy atom. The molecular weight excluding hydrogens is 370 g/mol. The number of nitrogens with zero attached hydrogens (tertiary/aromatic N) is 2. The van der Waals surface area contributed by atoms with Crippen molar-refractivity contribution in [3.8, 4) is 0 Å². The van der Waals surface area contributed by atoms with Crippen molar-refractivity contribution in [1.82, 2.24) is 14.2 Å². The highest BCUT2D eigenvalue weighted by molar-refractivity contribution is 7.89.